The van der Waals surface area contributed by atoms with Gasteiger partial charge in [-0.3, -0.25) is 9.78 Å². The van der Waals surface area contributed by atoms with Crippen LogP contribution in [0.4, 0.5) is 5.82 Å². The predicted molar refractivity (Wildman–Crippen MR) is 97.0 cm³/mol. The average Bonchev–Trinajstić information content (AvgIpc) is 3.00. The summed E-state index contributed by atoms with van der Waals surface area (Å²) in [6, 6.07) is 12.5. The molecule has 0 unspecified atom stereocenters. The molecule has 0 saturated carbocycles. The van der Waals surface area contributed by atoms with Crippen molar-refractivity contribution in [2.24, 2.45) is 0 Å². The molecular formula is C19H20N4O3. The standard InChI is InChI=1S/C19H20N4O3/c1-14-10-18(23(22-14)8-9-24)21-19(25)16-5-2-6-17(11-16)26-13-15-4-3-7-20-12-15/h2-7,10-12,24H,8-9,13H2,1H3,(H,21,25). The Morgan fingerprint density at radius 1 is 1.27 bits per heavy atom. The number of pyridine rings is 1. The number of anilines is 1. The Morgan fingerprint density at radius 3 is 2.92 bits per heavy atom. The number of aliphatic hydroxyl groups excluding tert-OH is 1. The fourth-order valence-electron chi connectivity index (χ4n) is 2.48. The zero-order chi connectivity index (χ0) is 18.4. The predicted octanol–water partition coefficient (Wildman–Crippen LogP) is 2.41. The summed E-state index contributed by atoms with van der Waals surface area (Å²) in [5, 5.41) is 16.2. The highest BCUT2D eigenvalue weighted by Crippen LogP contribution is 2.17. The zero-order valence-corrected chi connectivity index (χ0v) is 14.4. The van der Waals surface area contributed by atoms with E-state index in [2.05, 4.69) is 15.4 Å². The van der Waals surface area contributed by atoms with Crippen molar-refractivity contribution in [2.75, 3.05) is 11.9 Å². The molecule has 2 heterocycles. The first-order valence-electron chi connectivity index (χ1n) is 8.24. The monoisotopic (exact) mass is 352 g/mol. The normalized spacial score (nSPS) is 10.5. The Kier molecular flexibility index (Phi) is 5.60. The average molecular weight is 352 g/mol. The first-order valence-corrected chi connectivity index (χ1v) is 8.24. The van der Waals surface area contributed by atoms with Crippen molar-refractivity contribution in [3.63, 3.8) is 0 Å². The maximum absolute atomic E-state index is 12.5. The fourth-order valence-corrected chi connectivity index (χ4v) is 2.48. The molecule has 1 aromatic carbocycles. The molecule has 0 radical (unpaired) electrons. The molecule has 134 valence electrons. The van der Waals surface area contributed by atoms with Crippen molar-refractivity contribution in [3.8, 4) is 5.75 Å². The van der Waals surface area contributed by atoms with Crippen LogP contribution in [0.1, 0.15) is 21.6 Å². The van der Waals surface area contributed by atoms with Gasteiger partial charge in [0, 0.05) is 29.6 Å². The number of amides is 1. The molecule has 0 aliphatic rings. The zero-order valence-electron chi connectivity index (χ0n) is 14.4. The fraction of sp³-hybridized carbons (Fsp3) is 0.211. The Balaban J connectivity index is 1.68. The highest BCUT2D eigenvalue weighted by Gasteiger charge is 2.12. The third kappa shape index (κ3) is 4.46. The van der Waals surface area contributed by atoms with Gasteiger partial charge in [0.25, 0.3) is 5.91 Å². The number of aryl methyl sites for hydroxylation is 1. The van der Waals surface area contributed by atoms with Gasteiger partial charge in [-0.05, 0) is 31.2 Å². The summed E-state index contributed by atoms with van der Waals surface area (Å²) in [5.41, 5.74) is 2.19. The van der Waals surface area contributed by atoms with Crippen LogP contribution in [0.15, 0.2) is 54.9 Å². The number of hydrogen-bond acceptors (Lipinski definition) is 5. The molecular weight excluding hydrogens is 332 g/mol. The second-order valence-corrected chi connectivity index (χ2v) is 5.75. The van der Waals surface area contributed by atoms with E-state index in [1.807, 2.05) is 19.1 Å². The van der Waals surface area contributed by atoms with E-state index in [0.29, 0.717) is 30.3 Å². The van der Waals surface area contributed by atoms with Gasteiger partial charge < -0.3 is 15.2 Å². The molecule has 0 fully saturated rings. The van der Waals surface area contributed by atoms with Crippen LogP contribution in [0.3, 0.4) is 0 Å². The largest absolute Gasteiger partial charge is 0.489 e. The first kappa shape index (κ1) is 17.6. The number of rotatable bonds is 7. The van der Waals surface area contributed by atoms with Crippen LogP contribution >= 0.6 is 0 Å². The van der Waals surface area contributed by atoms with E-state index in [4.69, 9.17) is 9.84 Å². The van der Waals surface area contributed by atoms with Crippen molar-refractivity contribution in [1.29, 1.82) is 0 Å². The third-order valence-electron chi connectivity index (χ3n) is 3.68. The molecule has 7 nitrogen and oxygen atoms in total. The van der Waals surface area contributed by atoms with Gasteiger partial charge in [-0.15, -0.1) is 0 Å². The minimum absolute atomic E-state index is 0.0539. The number of nitrogens with zero attached hydrogens (tertiary/aromatic N) is 3. The maximum atomic E-state index is 12.5. The highest BCUT2D eigenvalue weighted by atomic mass is 16.5. The van der Waals surface area contributed by atoms with E-state index < -0.39 is 0 Å². The summed E-state index contributed by atoms with van der Waals surface area (Å²) in [4.78, 5) is 16.6. The molecule has 3 rings (SSSR count). The summed E-state index contributed by atoms with van der Waals surface area (Å²) < 4.78 is 7.29. The molecule has 0 aliphatic heterocycles. The lowest BCUT2D eigenvalue weighted by atomic mass is 10.2. The SMILES string of the molecule is Cc1cc(NC(=O)c2cccc(OCc3cccnc3)c2)n(CCO)n1. The molecule has 0 aliphatic carbocycles. The number of carbonyl (C=O) groups is 1. The summed E-state index contributed by atoms with van der Waals surface area (Å²) in [6.45, 7) is 2.47. The lowest BCUT2D eigenvalue weighted by Crippen LogP contribution is -2.16. The number of hydrogen-bond donors (Lipinski definition) is 2. The summed E-state index contributed by atoms with van der Waals surface area (Å²) in [7, 11) is 0. The van der Waals surface area contributed by atoms with Crippen LogP contribution in [-0.4, -0.2) is 32.4 Å². The first-order chi connectivity index (χ1) is 12.7. The van der Waals surface area contributed by atoms with Gasteiger partial charge in [0.1, 0.15) is 18.2 Å². The van der Waals surface area contributed by atoms with Crippen molar-refractivity contribution < 1.29 is 14.6 Å². The maximum Gasteiger partial charge on any atom is 0.256 e. The number of benzene rings is 1. The highest BCUT2D eigenvalue weighted by molar-refractivity contribution is 6.04. The molecule has 7 heteroatoms. The Hall–Kier alpha value is -3.19. The topological polar surface area (TPSA) is 89.3 Å². The van der Waals surface area contributed by atoms with Crippen LogP contribution in [0, 0.1) is 6.92 Å². The second kappa shape index (κ2) is 8.26. The van der Waals surface area contributed by atoms with E-state index in [1.54, 1.807) is 47.4 Å². The van der Waals surface area contributed by atoms with E-state index in [0.717, 1.165) is 11.3 Å². The molecule has 26 heavy (non-hydrogen) atoms. The Morgan fingerprint density at radius 2 is 2.15 bits per heavy atom. The quantitative estimate of drug-likeness (QED) is 0.682. The minimum Gasteiger partial charge on any atom is -0.489 e. The van der Waals surface area contributed by atoms with Crippen LogP contribution in [-0.2, 0) is 13.2 Å². The molecule has 2 aromatic heterocycles. The van der Waals surface area contributed by atoms with Gasteiger partial charge in [-0.2, -0.15) is 5.10 Å². The van der Waals surface area contributed by atoms with E-state index in [9.17, 15) is 4.79 Å². The molecule has 3 aromatic rings. The van der Waals surface area contributed by atoms with Gasteiger partial charge in [-0.25, -0.2) is 4.68 Å². The van der Waals surface area contributed by atoms with Gasteiger partial charge in [0.2, 0.25) is 0 Å². The van der Waals surface area contributed by atoms with Gasteiger partial charge >= 0.3 is 0 Å². The van der Waals surface area contributed by atoms with Crippen molar-refractivity contribution in [3.05, 3.63) is 71.7 Å². The van der Waals surface area contributed by atoms with E-state index in [-0.39, 0.29) is 12.5 Å². The number of nitrogens with one attached hydrogen (secondary N) is 1. The van der Waals surface area contributed by atoms with Crippen molar-refractivity contribution in [1.82, 2.24) is 14.8 Å². The second-order valence-electron chi connectivity index (χ2n) is 5.75. The van der Waals surface area contributed by atoms with Crippen molar-refractivity contribution >= 4 is 11.7 Å². The lowest BCUT2D eigenvalue weighted by molar-refractivity contribution is 0.102. The summed E-state index contributed by atoms with van der Waals surface area (Å²) >= 11 is 0. The Bertz CT molecular complexity index is 878. The van der Waals surface area contributed by atoms with Crippen LogP contribution < -0.4 is 10.1 Å². The molecule has 2 N–H and O–H groups in total. The molecule has 0 saturated heterocycles. The Labute approximate surface area is 151 Å². The van der Waals surface area contributed by atoms with E-state index >= 15 is 0 Å². The smallest absolute Gasteiger partial charge is 0.256 e. The molecule has 1 amide bonds. The van der Waals surface area contributed by atoms with Crippen LogP contribution in [0.5, 0.6) is 5.75 Å². The summed E-state index contributed by atoms with van der Waals surface area (Å²) in [5.74, 6) is 0.876. The van der Waals surface area contributed by atoms with Gasteiger partial charge in [0.15, 0.2) is 0 Å². The number of aliphatic hydroxyl groups is 1. The molecule has 0 atom stereocenters. The van der Waals surface area contributed by atoms with Gasteiger partial charge in [0.05, 0.1) is 18.8 Å². The van der Waals surface area contributed by atoms with E-state index in [1.165, 1.54) is 0 Å². The van der Waals surface area contributed by atoms with Crippen LogP contribution in [0.2, 0.25) is 0 Å². The lowest BCUT2D eigenvalue weighted by Gasteiger charge is -2.10. The number of ether oxygens (including phenoxy) is 1. The third-order valence-corrected chi connectivity index (χ3v) is 3.68. The minimum atomic E-state index is -0.268. The summed E-state index contributed by atoms with van der Waals surface area (Å²) in [6.07, 6.45) is 3.44. The number of aromatic nitrogens is 3. The molecule has 0 bridgehead atoms. The number of carbonyl (C=O) groups excluding carboxylic acids is 1. The van der Waals surface area contributed by atoms with Crippen molar-refractivity contribution in [2.45, 2.75) is 20.1 Å². The van der Waals surface area contributed by atoms with Gasteiger partial charge in [-0.1, -0.05) is 12.1 Å². The molecule has 0 spiro atoms. The van der Waals surface area contributed by atoms with Crippen LogP contribution in [0.25, 0.3) is 0 Å².